The van der Waals surface area contributed by atoms with E-state index < -0.39 is 5.63 Å². The van der Waals surface area contributed by atoms with Crippen molar-refractivity contribution in [2.45, 2.75) is 25.7 Å². The van der Waals surface area contributed by atoms with Gasteiger partial charge in [-0.05, 0) is 43.2 Å². The third-order valence-electron chi connectivity index (χ3n) is 5.54. The summed E-state index contributed by atoms with van der Waals surface area (Å²) < 4.78 is 10.8. The van der Waals surface area contributed by atoms with E-state index >= 15 is 0 Å². The molecule has 5 nitrogen and oxygen atoms in total. The minimum Gasteiger partial charge on any atom is -0.422 e. The van der Waals surface area contributed by atoms with E-state index in [1.807, 2.05) is 18.2 Å². The van der Waals surface area contributed by atoms with Gasteiger partial charge in [0.15, 0.2) is 0 Å². The third kappa shape index (κ3) is 2.73. The number of carbonyl (C=O) groups is 1. The van der Waals surface area contributed by atoms with Crippen molar-refractivity contribution < 1.29 is 13.9 Å². The highest BCUT2D eigenvalue weighted by Gasteiger charge is 2.37. The summed E-state index contributed by atoms with van der Waals surface area (Å²) in [6.07, 6.45) is 4.13. The minimum atomic E-state index is -0.551. The molecule has 2 aliphatic rings. The zero-order valence-electron chi connectivity index (χ0n) is 13.6. The predicted molar refractivity (Wildman–Crippen MR) is 90.1 cm³/mol. The predicted octanol–water partition coefficient (Wildman–Crippen LogP) is 2.83. The molecule has 0 saturated carbocycles. The highest BCUT2D eigenvalue weighted by Crippen LogP contribution is 2.40. The van der Waals surface area contributed by atoms with Crippen LogP contribution >= 0.6 is 0 Å². The Bertz CT molecular complexity index is 809. The Morgan fingerprint density at radius 2 is 1.75 bits per heavy atom. The van der Waals surface area contributed by atoms with Crippen LogP contribution in [0.2, 0.25) is 0 Å². The summed E-state index contributed by atoms with van der Waals surface area (Å²) in [5.74, 6) is -0.212. The normalized spacial score (nSPS) is 20.4. The molecule has 3 heterocycles. The molecule has 24 heavy (non-hydrogen) atoms. The summed E-state index contributed by atoms with van der Waals surface area (Å²) in [4.78, 5) is 26.8. The summed E-state index contributed by atoms with van der Waals surface area (Å²) in [7, 11) is 0. The molecule has 1 aromatic heterocycles. The van der Waals surface area contributed by atoms with Gasteiger partial charge in [-0.2, -0.15) is 0 Å². The molecule has 4 rings (SSSR count). The van der Waals surface area contributed by atoms with E-state index in [4.69, 9.17) is 9.15 Å². The summed E-state index contributed by atoms with van der Waals surface area (Å²) in [5, 5.41) is 0.776. The van der Waals surface area contributed by atoms with Gasteiger partial charge >= 0.3 is 5.63 Å². The number of amides is 1. The number of hydrogen-bond donors (Lipinski definition) is 0. The molecule has 0 N–H and O–H groups in total. The van der Waals surface area contributed by atoms with Crippen LogP contribution in [0.5, 0.6) is 0 Å². The van der Waals surface area contributed by atoms with E-state index in [0.29, 0.717) is 24.1 Å². The molecule has 5 heteroatoms. The van der Waals surface area contributed by atoms with Gasteiger partial charge in [0.05, 0.1) is 0 Å². The van der Waals surface area contributed by atoms with Gasteiger partial charge < -0.3 is 14.1 Å². The van der Waals surface area contributed by atoms with E-state index in [1.54, 1.807) is 17.0 Å². The van der Waals surface area contributed by atoms with Crippen LogP contribution in [-0.4, -0.2) is 37.1 Å². The van der Waals surface area contributed by atoms with Crippen LogP contribution in [-0.2, 0) is 4.74 Å². The molecular weight excluding hydrogens is 306 g/mol. The number of fused-ring (bicyclic) bond motifs is 1. The molecule has 126 valence electrons. The van der Waals surface area contributed by atoms with E-state index in [-0.39, 0.29) is 11.5 Å². The van der Waals surface area contributed by atoms with Crippen molar-refractivity contribution in [1.82, 2.24) is 4.90 Å². The van der Waals surface area contributed by atoms with E-state index in [9.17, 15) is 9.59 Å². The minimum absolute atomic E-state index is 0.136. The van der Waals surface area contributed by atoms with Crippen LogP contribution in [0.25, 0.3) is 11.0 Å². The van der Waals surface area contributed by atoms with Crippen LogP contribution in [0.4, 0.5) is 0 Å². The summed E-state index contributed by atoms with van der Waals surface area (Å²) in [5.41, 5.74) is 0.420. The molecule has 0 aliphatic carbocycles. The lowest BCUT2D eigenvalue weighted by Gasteiger charge is -2.44. The lowest BCUT2D eigenvalue weighted by atomic mass is 9.72. The van der Waals surface area contributed by atoms with Crippen molar-refractivity contribution in [1.29, 1.82) is 0 Å². The first kappa shape index (κ1) is 15.4. The van der Waals surface area contributed by atoms with Crippen LogP contribution in [0.1, 0.15) is 36.0 Å². The molecule has 2 aromatic rings. The maximum Gasteiger partial charge on any atom is 0.349 e. The first-order valence-corrected chi connectivity index (χ1v) is 8.57. The van der Waals surface area contributed by atoms with E-state index in [2.05, 4.69) is 0 Å². The maximum absolute atomic E-state index is 12.8. The van der Waals surface area contributed by atoms with Gasteiger partial charge in [-0.25, -0.2) is 4.79 Å². The van der Waals surface area contributed by atoms with Gasteiger partial charge in [0.2, 0.25) is 0 Å². The van der Waals surface area contributed by atoms with Crippen LogP contribution in [0.3, 0.4) is 0 Å². The SMILES string of the molecule is O=C(c1cc2ccccc2oc1=O)N1CCC2(CCOCC2)CC1. The fourth-order valence-corrected chi connectivity index (χ4v) is 3.87. The van der Waals surface area contributed by atoms with Crippen LogP contribution in [0.15, 0.2) is 39.5 Å². The molecule has 1 amide bonds. The maximum atomic E-state index is 12.8. The van der Waals surface area contributed by atoms with Crippen LogP contribution < -0.4 is 5.63 Å². The second kappa shape index (κ2) is 6.06. The van der Waals surface area contributed by atoms with Gasteiger partial charge in [-0.3, -0.25) is 4.79 Å². The average Bonchev–Trinajstić information content (AvgIpc) is 2.62. The molecule has 1 aromatic carbocycles. The third-order valence-corrected chi connectivity index (χ3v) is 5.54. The average molecular weight is 327 g/mol. The molecule has 0 bridgehead atoms. The number of carbonyl (C=O) groups excluding carboxylic acids is 1. The summed E-state index contributed by atoms with van der Waals surface area (Å²) >= 11 is 0. The van der Waals surface area contributed by atoms with Crippen molar-refractivity contribution >= 4 is 16.9 Å². The monoisotopic (exact) mass is 327 g/mol. The largest absolute Gasteiger partial charge is 0.422 e. The smallest absolute Gasteiger partial charge is 0.349 e. The second-order valence-electron chi connectivity index (χ2n) is 6.89. The molecule has 1 spiro atoms. The molecule has 2 saturated heterocycles. The van der Waals surface area contributed by atoms with Crippen molar-refractivity contribution in [2.75, 3.05) is 26.3 Å². The lowest BCUT2D eigenvalue weighted by molar-refractivity contribution is -0.0176. The quantitative estimate of drug-likeness (QED) is 0.756. The fourth-order valence-electron chi connectivity index (χ4n) is 3.87. The van der Waals surface area contributed by atoms with E-state index in [0.717, 1.165) is 44.3 Å². The molecule has 0 unspecified atom stereocenters. The number of piperidine rings is 1. The van der Waals surface area contributed by atoms with Gasteiger partial charge in [-0.15, -0.1) is 0 Å². The molecule has 2 aliphatic heterocycles. The highest BCUT2D eigenvalue weighted by atomic mass is 16.5. The zero-order chi connectivity index (χ0) is 16.6. The number of benzene rings is 1. The number of nitrogens with zero attached hydrogens (tertiary/aromatic N) is 1. The Kier molecular flexibility index (Phi) is 3.88. The Balaban J connectivity index is 1.54. The highest BCUT2D eigenvalue weighted by molar-refractivity contribution is 5.96. The molecule has 2 fully saturated rings. The van der Waals surface area contributed by atoms with Gasteiger partial charge in [-0.1, -0.05) is 18.2 Å². The number of rotatable bonds is 1. The molecule has 0 radical (unpaired) electrons. The topological polar surface area (TPSA) is 59.8 Å². The summed E-state index contributed by atoms with van der Waals surface area (Å²) in [6.45, 7) is 3.04. The van der Waals surface area contributed by atoms with Crippen LogP contribution in [0, 0.1) is 5.41 Å². The molecular formula is C19H21NO4. The first-order valence-electron chi connectivity index (χ1n) is 8.57. The summed E-state index contributed by atoms with van der Waals surface area (Å²) in [6, 6.07) is 8.92. The number of likely N-dealkylation sites (tertiary alicyclic amines) is 1. The Labute approximate surface area is 140 Å². The van der Waals surface area contributed by atoms with Gasteiger partial charge in [0.25, 0.3) is 5.91 Å². The fraction of sp³-hybridized carbons (Fsp3) is 0.474. The van der Waals surface area contributed by atoms with E-state index in [1.165, 1.54) is 0 Å². The number of para-hydroxylation sites is 1. The first-order chi connectivity index (χ1) is 11.7. The standard InChI is InChI=1S/C19H21NO4/c21-17(15-13-14-3-1-2-4-16(14)24-18(15)22)20-9-5-19(6-10-20)7-11-23-12-8-19/h1-4,13H,5-12H2. The second-order valence-corrected chi connectivity index (χ2v) is 6.89. The Hall–Kier alpha value is -2.14. The zero-order valence-corrected chi connectivity index (χ0v) is 13.6. The Morgan fingerprint density at radius 1 is 1.04 bits per heavy atom. The van der Waals surface area contributed by atoms with Gasteiger partial charge in [0.1, 0.15) is 11.1 Å². The van der Waals surface area contributed by atoms with Crippen molar-refractivity contribution in [3.63, 3.8) is 0 Å². The number of hydrogen-bond acceptors (Lipinski definition) is 4. The van der Waals surface area contributed by atoms with Crippen molar-refractivity contribution in [3.05, 3.63) is 46.3 Å². The molecule has 0 atom stereocenters. The lowest BCUT2D eigenvalue weighted by Crippen LogP contribution is -2.46. The Morgan fingerprint density at radius 3 is 2.50 bits per heavy atom. The van der Waals surface area contributed by atoms with Crippen molar-refractivity contribution in [2.24, 2.45) is 5.41 Å². The van der Waals surface area contributed by atoms with Gasteiger partial charge in [0, 0.05) is 31.7 Å². The van der Waals surface area contributed by atoms with Crippen molar-refractivity contribution in [3.8, 4) is 0 Å². The number of ether oxygens (including phenoxy) is 1.